The summed E-state index contributed by atoms with van der Waals surface area (Å²) in [5, 5.41) is 8.90. The largest absolute Gasteiger partial charge is 0.270 e. The first-order chi connectivity index (χ1) is 6.59. The van der Waals surface area contributed by atoms with Crippen LogP contribution in [0.5, 0.6) is 0 Å². The maximum Gasteiger partial charge on any atom is 0.119 e. The van der Waals surface area contributed by atoms with Crippen LogP contribution in [0.15, 0.2) is 28.7 Å². The topological polar surface area (TPSA) is 61.8 Å². The summed E-state index contributed by atoms with van der Waals surface area (Å²) in [6.07, 6.45) is 0.591. The molecule has 1 unspecified atom stereocenters. The number of nitrogens with zero attached hydrogens (tertiary/aromatic N) is 1. The zero-order valence-electron chi connectivity index (χ0n) is 7.92. The van der Waals surface area contributed by atoms with Gasteiger partial charge in [0.25, 0.3) is 0 Å². The Bertz CT molecular complexity index is 341. The maximum absolute atomic E-state index is 8.90. The Hall–Kier alpha value is -0.890. The number of benzene rings is 1. The Labute approximate surface area is 92.0 Å². The van der Waals surface area contributed by atoms with Gasteiger partial charge >= 0.3 is 0 Å². The standard InChI is InChI=1S/C10H12BrN3/c1-10(7-12,14-13)6-8-2-4-9(11)5-3-8/h2-5,14H,6,13H2,1H3. The molecular formula is C10H12BrN3. The quantitative estimate of drug-likeness (QED) is 0.638. The summed E-state index contributed by atoms with van der Waals surface area (Å²) in [6, 6.07) is 9.98. The summed E-state index contributed by atoms with van der Waals surface area (Å²) in [5.41, 5.74) is 2.90. The number of nitriles is 1. The van der Waals surface area contributed by atoms with Crippen LogP contribution in [0.4, 0.5) is 0 Å². The third kappa shape index (κ3) is 2.81. The van der Waals surface area contributed by atoms with Gasteiger partial charge in [-0.05, 0) is 24.6 Å². The fourth-order valence-electron chi connectivity index (χ4n) is 1.13. The molecule has 1 atom stereocenters. The predicted molar refractivity (Wildman–Crippen MR) is 59.2 cm³/mol. The average Bonchev–Trinajstić information content (AvgIpc) is 2.21. The number of rotatable bonds is 3. The Morgan fingerprint density at radius 2 is 2.07 bits per heavy atom. The van der Waals surface area contributed by atoms with Gasteiger partial charge in [0.15, 0.2) is 0 Å². The molecule has 0 aliphatic heterocycles. The Morgan fingerprint density at radius 3 is 2.50 bits per heavy atom. The molecule has 3 N–H and O–H groups in total. The molecule has 0 spiro atoms. The van der Waals surface area contributed by atoms with Crippen LogP contribution in [0.25, 0.3) is 0 Å². The van der Waals surface area contributed by atoms with Crippen molar-refractivity contribution in [2.24, 2.45) is 5.84 Å². The fraction of sp³-hybridized carbons (Fsp3) is 0.300. The van der Waals surface area contributed by atoms with Crippen LogP contribution in [0.3, 0.4) is 0 Å². The van der Waals surface area contributed by atoms with Crippen LogP contribution >= 0.6 is 15.9 Å². The molecule has 1 rings (SSSR count). The minimum Gasteiger partial charge on any atom is -0.270 e. The summed E-state index contributed by atoms with van der Waals surface area (Å²) in [7, 11) is 0. The highest BCUT2D eigenvalue weighted by atomic mass is 79.9. The molecule has 4 heteroatoms. The zero-order chi connectivity index (χ0) is 10.6. The second kappa shape index (κ2) is 4.56. The van der Waals surface area contributed by atoms with E-state index < -0.39 is 5.54 Å². The second-order valence-corrected chi connectivity index (χ2v) is 4.31. The highest BCUT2D eigenvalue weighted by Gasteiger charge is 2.21. The van der Waals surface area contributed by atoms with E-state index in [1.165, 1.54) is 0 Å². The lowest BCUT2D eigenvalue weighted by molar-refractivity contribution is 0.458. The van der Waals surface area contributed by atoms with Crippen molar-refractivity contribution < 1.29 is 0 Å². The lowest BCUT2D eigenvalue weighted by Crippen LogP contribution is -2.47. The first kappa shape index (κ1) is 11.2. The third-order valence-corrected chi connectivity index (χ3v) is 2.56. The van der Waals surface area contributed by atoms with Gasteiger partial charge in [-0.1, -0.05) is 28.1 Å². The van der Waals surface area contributed by atoms with E-state index in [9.17, 15) is 0 Å². The number of nitrogens with one attached hydrogen (secondary N) is 1. The van der Waals surface area contributed by atoms with Gasteiger partial charge in [-0.2, -0.15) is 5.26 Å². The summed E-state index contributed by atoms with van der Waals surface area (Å²) in [5.74, 6) is 5.31. The monoisotopic (exact) mass is 253 g/mol. The van der Waals surface area contributed by atoms with E-state index in [-0.39, 0.29) is 0 Å². The minimum atomic E-state index is -0.701. The van der Waals surface area contributed by atoms with E-state index in [0.29, 0.717) is 6.42 Å². The number of hydrogen-bond donors (Lipinski definition) is 2. The van der Waals surface area contributed by atoms with Gasteiger partial charge in [0.2, 0.25) is 0 Å². The summed E-state index contributed by atoms with van der Waals surface area (Å²) in [4.78, 5) is 0. The van der Waals surface area contributed by atoms with E-state index in [1.807, 2.05) is 24.3 Å². The van der Waals surface area contributed by atoms with Crippen molar-refractivity contribution in [3.63, 3.8) is 0 Å². The molecular weight excluding hydrogens is 242 g/mol. The van der Waals surface area contributed by atoms with Crippen molar-refractivity contribution in [1.29, 1.82) is 5.26 Å². The Kier molecular flexibility index (Phi) is 3.64. The predicted octanol–water partition coefficient (Wildman–Crippen LogP) is 1.74. The molecule has 74 valence electrons. The first-order valence-corrected chi connectivity index (χ1v) is 5.02. The van der Waals surface area contributed by atoms with E-state index in [0.717, 1.165) is 10.0 Å². The van der Waals surface area contributed by atoms with E-state index in [4.69, 9.17) is 11.1 Å². The minimum absolute atomic E-state index is 0.591. The molecule has 0 saturated carbocycles. The van der Waals surface area contributed by atoms with Crippen molar-refractivity contribution in [3.8, 4) is 6.07 Å². The summed E-state index contributed by atoms with van der Waals surface area (Å²) >= 11 is 3.35. The molecule has 1 aromatic carbocycles. The number of hydrogen-bond acceptors (Lipinski definition) is 3. The molecule has 0 radical (unpaired) electrons. The molecule has 0 bridgehead atoms. The van der Waals surface area contributed by atoms with Crippen molar-refractivity contribution in [1.82, 2.24) is 5.43 Å². The van der Waals surface area contributed by atoms with Crippen molar-refractivity contribution in [2.75, 3.05) is 0 Å². The molecule has 1 aromatic rings. The second-order valence-electron chi connectivity index (χ2n) is 3.39. The van der Waals surface area contributed by atoms with Gasteiger partial charge in [0.1, 0.15) is 5.54 Å². The molecule has 0 amide bonds. The van der Waals surface area contributed by atoms with Crippen LogP contribution in [-0.2, 0) is 6.42 Å². The summed E-state index contributed by atoms with van der Waals surface area (Å²) < 4.78 is 1.03. The lowest BCUT2D eigenvalue weighted by atomic mass is 9.95. The van der Waals surface area contributed by atoms with Crippen LogP contribution < -0.4 is 11.3 Å². The molecule has 0 fully saturated rings. The highest BCUT2D eigenvalue weighted by Crippen LogP contribution is 2.15. The van der Waals surface area contributed by atoms with Gasteiger partial charge in [-0.3, -0.25) is 5.84 Å². The van der Waals surface area contributed by atoms with Gasteiger partial charge in [0.05, 0.1) is 6.07 Å². The van der Waals surface area contributed by atoms with Crippen LogP contribution in [0.2, 0.25) is 0 Å². The van der Waals surface area contributed by atoms with Gasteiger partial charge in [-0.15, -0.1) is 0 Å². The number of hydrazine groups is 1. The number of nitrogens with two attached hydrogens (primary N) is 1. The van der Waals surface area contributed by atoms with Crippen molar-refractivity contribution in [2.45, 2.75) is 18.9 Å². The molecule has 14 heavy (non-hydrogen) atoms. The highest BCUT2D eigenvalue weighted by molar-refractivity contribution is 9.10. The fourth-order valence-corrected chi connectivity index (χ4v) is 1.40. The molecule has 0 aliphatic rings. The van der Waals surface area contributed by atoms with Gasteiger partial charge in [0, 0.05) is 10.9 Å². The summed E-state index contributed by atoms with van der Waals surface area (Å²) in [6.45, 7) is 1.77. The molecule has 0 aliphatic carbocycles. The lowest BCUT2D eigenvalue weighted by Gasteiger charge is -2.20. The Morgan fingerprint density at radius 1 is 1.50 bits per heavy atom. The van der Waals surface area contributed by atoms with Crippen LogP contribution in [0, 0.1) is 11.3 Å². The van der Waals surface area contributed by atoms with Gasteiger partial charge in [-0.25, -0.2) is 5.43 Å². The van der Waals surface area contributed by atoms with E-state index >= 15 is 0 Å². The SMILES string of the molecule is CC(C#N)(Cc1ccc(Br)cc1)NN. The molecule has 3 nitrogen and oxygen atoms in total. The third-order valence-electron chi connectivity index (χ3n) is 2.04. The average molecular weight is 254 g/mol. The maximum atomic E-state index is 8.90. The van der Waals surface area contributed by atoms with Gasteiger partial charge < -0.3 is 0 Å². The van der Waals surface area contributed by atoms with Crippen LogP contribution in [0.1, 0.15) is 12.5 Å². The Balaban J connectivity index is 2.79. The van der Waals surface area contributed by atoms with E-state index in [2.05, 4.69) is 27.4 Å². The zero-order valence-corrected chi connectivity index (χ0v) is 9.51. The van der Waals surface area contributed by atoms with Crippen LogP contribution in [-0.4, -0.2) is 5.54 Å². The smallest absolute Gasteiger partial charge is 0.119 e. The molecule has 0 aromatic heterocycles. The first-order valence-electron chi connectivity index (χ1n) is 4.23. The van der Waals surface area contributed by atoms with Crippen molar-refractivity contribution >= 4 is 15.9 Å². The molecule has 0 heterocycles. The normalized spacial score (nSPS) is 14.4. The molecule has 0 saturated heterocycles. The van der Waals surface area contributed by atoms with Crippen molar-refractivity contribution in [3.05, 3.63) is 34.3 Å². The number of halogens is 1. The van der Waals surface area contributed by atoms with E-state index in [1.54, 1.807) is 6.92 Å².